The van der Waals surface area contributed by atoms with Crippen LogP contribution in [0.4, 0.5) is 0 Å². The molecule has 0 saturated carbocycles. The second-order valence-electron chi connectivity index (χ2n) is 5.86. The van der Waals surface area contributed by atoms with Gasteiger partial charge in [-0.1, -0.05) is 78.9 Å². The number of ether oxygens (including phenoxy) is 1. The summed E-state index contributed by atoms with van der Waals surface area (Å²) in [5.41, 5.74) is 0.828. The third-order valence-electron chi connectivity index (χ3n) is 4.20. The first-order chi connectivity index (χ1) is 11.8. The van der Waals surface area contributed by atoms with Crippen LogP contribution in [0.2, 0.25) is 0 Å². The van der Waals surface area contributed by atoms with E-state index in [9.17, 15) is 5.11 Å². The molecule has 3 aromatic carbocycles. The highest BCUT2D eigenvalue weighted by Gasteiger charge is 2.30. The molecule has 0 radical (unpaired) electrons. The van der Waals surface area contributed by atoms with Gasteiger partial charge in [0.15, 0.2) is 0 Å². The number of aliphatic hydroxyl groups is 1. The largest absolute Gasteiger partial charge is 0.494 e. The molecule has 0 amide bonds. The van der Waals surface area contributed by atoms with E-state index in [0.717, 1.165) is 23.3 Å². The molecule has 0 aliphatic carbocycles. The Morgan fingerprint density at radius 2 is 1.12 bits per heavy atom. The van der Waals surface area contributed by atoms with E-state index < -0.39 is 5.60 Å². The molecular formula is C22H22O2. The lowest BCUT2D eigenvalue weighted by atomic mass is 9.83. The van der Waals surface area contributed by atoms with Gasteiger partial charge in [0.05, 0.1) is 6.61 Å². The molecule has 0 heterocycles. The number of rotatable bonds is 7. The molecule has 0 aliphatic rings. The summed E-state index contributed by atoms with van der Waals surface area (Å²) in [6.45, 7) is 0.575. The van der Waals surface area contributed by atoms with Gasteiger partial charge < -0.3 is 9.84 Å². The number of para-hydroxylation sites is 1. The minimum absolute atomic E-state index is 0.575. The summed E-state index contributed by atoms with van der Waals surface area (Å²) in [6.07, 6.45) is 1.36. The van der Waals surface area contributed by atoms with Crippen molar-refractivity contribution in [2.24, 2.45) is 0 Å². The first kappa shape index (κ1) is 16.3. The van der Waals surface area contributed by atoms with Gasteiger partial charge in [0.25, 0.3) is 0 Å². The number of benzene rings is 3. The summed E-state index contributed by atoms with van der Waals surface area (Å²) in [5, 5.41) is 11.4. The molecule has 0 aromatic heterocycles. The van der Waals surface area contributed by atoms with Gasteiger partial charge in [-0.05, 0) is 36.1 Å². The maximum atomic E-state index is 11.4. The van der Waals surface area contributed by atoms with E-state index in [1.807, 2.05) is 91.0 Å². The van der Waals surface area contributed by atoms with Gasteiger partial charge in [-0.25, -0.2) is 0 Å². The lowest BCUT2D eigenvalue weighted by molar-refractivity contribution is 0.0639. The fraction of sp³-hybridized carbons (Fsp3) is 0.182. The zero-order chi connectivity index (χ0) is 16.7. The van der Waals surface area contributed by atoms with Crippen LogP contribution in [0.15, 0.2) is 91.0 Å². The highest BCUT2D eigenvalue weighted by atomic mass is 16.5. The maximum absolute atomic E-state index is 11.4. The van der Waals surface area contributed by atoms with E-state index in [1.165, 1.54) is 0 Å². The van der Waals surface area contributed by atoms with E-state index in [4.69, 9.17) is 4.74 Å². The van der Waals surface area contributed by atoms with E-state index in [1.54, 1.807) is 0 Å². The lowest BCUT2D eigenvalue weighted by Gasteiger charge is -2.29. The van der Waals surface area contributed by atoms with Crippen molar-refractivity contribution in [3.8, 4) is 5.75 Å². The summed E-state index contributed by atoms with van der Waals surface area (Å²) in [4.78, 5) is 0. The monoisotopic (exact) mass is 318 g/mol. The zero-order valence-electron chi connectivity index (χ0n) is 13.6. The number of hydrogen-bond donors (Lipinski definition) is 1. The van der Waals surface area contributed by atoms with E-state index >= 15 is 0 Å². The molecule has 0 saturated heterocycles. The average Bonchev–Trinajstić information content (AvgIpc) is 2.67. The Balaban J connectivity index is 1.72. The second-order valence-corrected chi connectivity index (χ2v) is 5.86. The first-order valence-electron chi connectivity index (χ1n) is 8.30. The molecule has 2 heteroatoms. The van der Waals surface area contributed by atoms with Crippen molar-refractivity contribution in [1.29, 1.82) is 0 Å². The minimum atomic E-state index is -0.997. The first-order valence-corrected chi connectivity index (χ1v) is 8.30. The fourth-order valence-corrected chi connectivity index (χ4v) is 2.92. The molecule has 2 nitrogen and oxygen atoms in total. The van der Waals surface area contributed by atoms with Crippen LogP contribution in [0.5, 0.6) is 5.75 Å². The molecule has 0 atom stereocenters. The van der Waals surface area contributed by atoms with Crippen molar-refractivity contribution in [2.45, 2.75) is 18.4 Å². The SMILES string of the molecule is OC(CCCOc1ccccc1)(c1ccccc1)c1ccccc1. The van der Waals surface area contributed by atoms with Crippen LogP contribution in [0.1, 0.15) is 24.0 Å². The van der Waals surface area contributed by atoms with Crippen molar-refractivity contribution >= 4 is 0 Å². The Kier molecular flexibility index (Phi) is 5.29. The third-order valence-corrected chi connectivity index (χ3v) is 4.20. The fourth-order valence-electron chi connectivity index (χ4n) is 2.92. The van der Waals surface area contributed by atoms with Gasteiger partial charge in [-0.3, -0.25) is 0 Å². The highest BCUT2D eigenvalue weighted by molar-refractivity contribution is 5.35. The standard InChI is InChI=1S/C22H22O2/c23-22(19-11-4-1-5-12-19,20-13-6-2-7-14-20)17-10-18-24-21-15-8-3-9-16-21/h1-9,11-16,23H,10,17-18H2. The Morgan fingerprint density at radius 3 is 1.62 bits per heavy atom. The van der Waals surface area contributed by atoms with Crippen molar-refractivity contribution in [3.63, 3.8) is 0 Å². The van der Waals surface area contributed by atoms with Gasteiger partial charge in [-0.2, -0.15) is 0 Å². The van der Waals surface area contributed by atoms with Crippen molar-refractivity contribution in [2.75, 3.05) is 6.61 Å². The van der Waals surface area contributed by atoms with E-state index in [2.05, 4.69) is 0 Å². The molecule has 0 aliphatic heterocycles. The molecule has 3 rings (SSSR count). The molecule has 0 unspecified atom stereocenters. The number of hydrogen-bond acceptors (Lipinski definition) is 2. The normalized spacial score (nSPS) is 11.2. The maximum Gasteiger partial charge on any atom is 0.119 e. The molecule has 0 spiro atoms. The van der Waals surface area contributed by atoms with Crippen LogP contribution in [0.3, 0.4) is 0 Å². The predicted molar refractivity (Wildman–Crippen MR) is 97.1 cm³/mol. The van der Waals surface area contributed by atoms with Crippen LogP contribution < -0.4 is 4.74 Å². The van der Waals surface area contributed by atoms with Crippen LogP contribution in [-0.4, -0.2) is 11.7 Å². The van der Waals surface area contributed by atoms with Crippen molar-refractivity contribution in [3.05, 3.63) is 102 Å². The van der Waals surface area contributed by atoms with Gasteiger partial charge in [0.1, 0.15) is 11.4 Å². The molecule has 1 N–H and O–H groups in total. The van der Waals surface area contributed by atoms with E-state index in [-0.39, 0.29) is 0 Å². The van der Waals surface area contributed by atoms with Gasteiger partial charge in [-0.15, -0.1) is 0 Å². The van der Waals surface area contributed by atoms with Gasteiger partial charge in [0, 0.05) is 0 Å². The van der Waals surface area contributed by atoms with Crippen LogP contribution >= 0.6 is 0 Å². The van der Waals surface area contributed by atoms with E-state index in [0.29, 0.717) is 13.0 Å². The quantitative estimate of drug-likeness (QED) is 0.635. The smallest absolute Gasteiger partial charge is 0.119 e. The zero-order valence-corrected chi connectivity index (χ0v) is 13.6. The molecule has 3 aromatic rings. The summed E-state index contributed by atoms with van der Waals surface area (Å²) < 4.78 is 5.76. The predicted octanol–water partition coefficient (Wildman–Crippen LogP) is 4.78. The van der Waals surface area contributed by atoms with Crippen LogP contribution in [0, 0.1) is 0 Å². The lowest BCUT2D eigenvalue weighted by Crippen LogP contribution is -2.27. The summed E-state index contributed by atoms with van der Waals surface area (Å²) in [5.74, 6) is 0.862. The molecular weight excluding hydrogens is 296 g/mol. The second kappa shape index (κ2) is 7.80. The van der Waals surface area contributed by atoms with Gasteiger partial charge >= 0.3 is 0 Å². The summed E-state index contributed by atoms with van der Waals surface area (Å²) in [7, 11) is 0. The minimum Gasteiger partial charge on any atom is -0.494 e. The van der Waals surface area contributed by atoms with Crippen molar-refractivity contribution in [1.82, 2.24) is 0 Å². The van der Waals surface area contributed by atoms with Crippen LogP contribution in [0.25, 0.3) is 0 Å². The molecule has 24 heavy (non-hydrogen) atoms. The third kappa shape index (κ3) is 3.84. The molecule has 0 fully saturated rings. The Bertz CT molecular complexity index is 684. The topological polar surface area (TPSA) is 29.5 Å². The Hall–Kier alpha value is -2.58. The van der Waals surface area contributed by atoms with Gasteiger partial charge in [0.2, 0.25) is 0 Å². The van der Waals surface area contributed by atoms with Crippen LogP contribution in [-0.2, 0) is 5.60 Å². The van der Waals surface area contributed by atoms with Crippen molar-refractivity contribution < 1.29 is 9.84 Å². The Morgan fingerprint density at radius 1 is 0.667 bits per heavy atom. The Labute approximate surface area is 143 Å². The summed E-state index contributed by atoms with van der Waals surface area (Å²) in [6, 6.07) is 29.5. The average molecular weight is 318 g/mol. The molecule has 0 bridgehead atoms. The summed E-state index contributed by atoms with van der Waals surface area (Å²) >= 11 is 0. The highest BCUT2D eigenvalue weighted by Crippen LogP contribution is 2.34. The molecule has 122 valence electrons.